The fraction of sp³-hybridized carbons (Fsp3) is 0.188. The molecule has 1 fully saturated rings. The van der Waals surface area contributed by atoms with Crippen molar-refractivity contribution in [3.8, 4) is 5.75 Å². The molecule has 2 N–H and O–H groups in total. The first kappa shape index (κ1) is 27.3. The van der Waals surface area contributed by atoms with E-state index in [-0.39, 0.29) is 11.8 Å². The molecule has 0 aromatic heterocycles. The zero-order chi connectivity index (χ0) is 27.9. The Morgan fingerprint density at radius 1 is 0.775 bits per heavy atom. The van der Waals surface area contributed by atoms with Gasteiger partial charge >= 0.3 is 0 Å². The molecule has 1 aliphatic rings. The number of amides is 2. The quantitative estimate of drug-likeness (QED) is 0.261. The van der Waals surface area contributed by atoms with Gasteiger partial charge in [0.1, 0.15) is 5.75 Å². The number of piperazine rings is 1. The third-order valence-corrected chi connectivity index (χ3v) is 7.48. The first-order valence-corrected chi connectivity index (χ1v) is 14.0. The van der Waals surface area contributed by atoms with Gasteiger partial charge in [0.05, 0.1) is 18.4 Å². The van der Waals surface area contributed by atoms with Crippen molar-refractivity contribution < 1.29 is 14.3 Å². The zero-order valence-corrected chi connectivity index (χ0v) is 23.9. The first-order valence-electron chi connectivity index (χ1n) is 13.2. The van der Waals surface area contributed by atoms with Gasteiger partial charge < -0.3 is 25.2 Å². The predicted octanol–water partition coefficient (Wildman–Crippen LogP) is 5.97. The van der Waals surface area contributed by atoms with Gasteiger partial charge in [-0.25, -0.2) is 0 Å². The number of rotatable bonds is 8. The molecule has 0 aliphatic carbocycles. The maximum absolute atomic E-state index is 13.5. The van der Waals surface area contributed by atoms with Crippen LogP contribution >= 0.6 is 15.9 Å². The van der Waals surface area contributed by atoms with Crippen molar-refractivity contribution in [2.75, 3.05) is 48.4 Å². The molecule has 2 amide bonds. The number of para-hydroxylation sites is 2. The minimum absolute atomic E-state index is 0.189. The molecule has 4 aromatic carbocycles. The lowest BCUT2D eigenvalue weighted by Gasteiger charge is -2.38. The van der Waals surface area contributed by atoms with E-state index in [0.29, 0.717) is 23.4 Å². The van der Waals surface area contributed by atoms with Gasteiger partial charge in [-0.3, -0.25) is 9.59 Å². The van der Waals surface area contributed by atoms with E-state index in [1.165, 1.54) is 0 Å². The van der Waals surface area contributed by atoms with Gasteiger partial charge in [0, 0.05) is 54.1 Å². The van der Waals surface area contributed by atoms with Gasteiger partial charge in [0.25, 0.3) is 11.8 Å². The maximum atomic E-state index is 13.5. The number of carbonyl (C=O) groups is 2. The first-order chi connectivity index (χ1) is 19.5. The Morgan fingerprint density at radius 2 is 1.43 bits per heavy atom. The molecular formula is C32H31BrN4O3. The second-order valence-corrected chi connectivity index (χ2v) is 10.4. The van der Waals surface area contributed by atoms with Gasteiger partial charge in [-0.05, 0) is 60.2 Å². The number of ether oxygens (including phenoxy) is 1. The van der Waals surface area contributed by atoms with E-state index in [2.05, 4.69) is 42.4 Å². The van der Waals surface area contributed by atoms with E-state index in [9.17, 15) is 9.59 Å². The lowest BCUT2D eigenvalue weighted by Crippen LogP contribution is -2.47. The Kier molecular flexibility index (Phi) is 8.66. The van der Waals surface area contributed by atoms with Crippen molar-refractivity contribution in [3.63, 3.8) is 0 Å². The summed E-state index contributed by atoms with van der Waals surface area (Å²) in [4.78, 5) is 30.9. The number of hydrogen-bond donors (Lipinski definition) is 2. The number of nitrogens with one attached hydrogen (secondary N) is 2. The van der Waals surface area contributed by atoms with E-state index in [0.717, 1.165) is 53.3 Å². The summed E-state index contributed by atoms with van der Waals surface area (Å²) in [7, 11) is 1.69. The van der Waals surface area contributed by atoms with Crippen LogP contribution in [0.2, 0.25) is 0 Å². The van der Waals surface area contributed by atoms with E-state index in [1.807, 2.05) is 72.8 Å². The van der Waals surface area contributed by atoms with E-state index >= 15 is 0 Å². The number of nitrogens with zero attached hydrogens (tertiary/aromatic N) is 2. The molecule has 4 aromatic rings. The summed E-state index contributed by atoms with van der Waals surface area (Å²) in [6, 6.07) is 30.5. The van der Waals surface area contributed by atoms with Crippen LogP contribution in [0.5, 0.6) is 5.75 Å². The molecular weight excluding hydrogens is 568 g/mol. The smallest absolute Gasteiger partial charge is 0.255 e. The average molecular weight is 600 g/mol. The molecule has 0 spiro atoms. The highest BCUT2D eigenvalue weighted by molar-refractivity contribution is 9.10. The summed E-state index contributed by atoms with van der Waals surface area (Å²) in [5, 5.41) is 6.00. The summed E-state index contributed by atoms with van der Waals surface area (Å²) < 4.78 is 6.46. The molecule has 0 saturated carbocycles. The summed E-state index contributed by atoms with van der Waals surface area (Å²) in [5.74, 6) is 0.426. The number of carbonyl (C=O) groups excluding carboxylic acids is 2. The van der Waals surface area contributed by atoms with Gasteiger partial charge in [-0.1, -0.05) is 58.4 Å². The molecule has 7 nitrogen and oxygen atoms in total. The third-order valence-electron chi connectivity index (χ3n) is 6.95. The van der Waals surface area contributed by atoms with E-state index < -0.39 is 0 Å². The molecule has 5 rings (SSSR count). The third kappa shape index (κ3) is 6.46. The van der Waals surface area contributed by atoms with Crippen LogP contribution in [-0.2, 0) is 6.54 Å². The summed E-state index contributed by atoms with van der Waals surface area (Å²) in [6.45, 7) is 3.46. The second kappa shape index (κ2) is 12.7. The highest BCUT2D eigenvalue weighted by Gasteiger charge is 2.24. The molecule has 204 valence electrons. The van der Waals surface area contributed by atoms with Crippen molar-refractivity contribution in [1.82, 2.24) is 5.32 Å². The monoisotopic (exact) mass is 598 g/mol. The normalized spacial score (nSPS) is 13.1. The highest BCUT2D eigenvalue weighted by Crippen LogP contribution is 2.31. The van der Waals surface area contributed by atoms with Gasteiger partial charge in [0.2, 0.25) is 0 Å². The van der Waals surface area contributed by atoms with Crippen LogP contribution in [0.4, 0.5) is 17.1 Å². The molecule has 0 radical (unpaired) electrons. The van der Waals surface area contributed by atoms with Gasteiger partial charge in [-0.15, -0.1) is 0 Å². The number of anilines is 3. The van der Waals surface area contributed by atoms with Crippen molar-refractivity contribution in [2.45, 2.75) is 6.54 Å². The fourth-order valence-corrected chi connectivity index (χ4v) is 5.09. The number of benzene rings is 4. The molecule has 40 heavy (non-hydrogen) atoms. The fourth-order valence-electron chi connectivity index (χ4n) is 4.83. The van der Waals surface area contributed by atoms with Crippen LogP contribution in [0.15, 0.2) is 102 Å². The van der Waals surface area contributed by atoms with Gasteiger partial charge in [0.15, 0.2) is 0 Å². The van der Waals surface area contributed by atoms with Crippen LogP contribution in [0, 0.1) is 0 Å². The van der Waals surface area contributed by atoms with Crippen molar-refractivity contribution in [3.05, 3.63) is 118 Å². The Balaban J connectivity index is 1.36. The van der Waals surface area contributed by atoms with E-state index in [4.69, 9.17) is 4.74 Å². The lowest BCUT2D eigenvalue weighted by molar-refractivity contribution is 0.0950. The standard InChI is InChI=1S/C32H31BrN4O3/c1-40-30-10-6-5-9-29(30)37-19-17-36(18-20-37)28-16-15-26(35-31(38)24-11-13-25(33)14-12-24)21-27(28)32(39)34-22-23-7-3-2-4-8-23/h2-16,21H,17-20,22H2,1H3,(H,34,39)(H,35,38). The Bertz CT molecular complexity index is 1470. The topological polar surface area (TPSA) is 73.9 Å². The molecule has 1 saturated heterocycles. The number of methoxy groups -OCH3 is 1. The summed E-state index contributed by atoms with van der Waals surface area (Å²) in [6.07, 6.45) is 0. The van der Waals surface area contributed by atoms with Crippen LogP contribution in [0.3, 0.4) is 0 Å². The Morgan fingerprint density at radius 3 is 2.12 bits per heavy atom. The number of halogens is 1. The minimum Gasteiger partial charge on any atom is -0.495 e. The SMILES string of the molecule is COc1ccccc1N1CCN(c2ccc(NC(=O)c3ccc(Br)cc3)cc2C(=O)NCc2ccccc2)CC1. The Hall–Kier alpha value is -4.30. The van der Waals surface area contributed by atoms with Crippen LogP contribution in [0.25, 0.3) is 0 Å². The molecule has 0 bridgehead atoms. The maximum Gasteiger partial charge on any atom is 0.255 e. The minimum atomic E-state index is -0.235. The highest BCUT2D eigenvalue weighted by atomic mass is 79.9. The van der Waals surface area contributed by atoms with Crippen LogP contribution < -0.4 is 25.2 Å². The summed E-state index contributed by atoms with van der Waals surface area (Å²) >= 11 is 3.40. The van der Waals surface area contributed by atoms with Crippen molar-refractivity contribution in [2.24, 2.45) is 0 Å². The van der Waals surface area contributed by atoms with E-state index in [1.54, 1.807) is 25.3 Å². The number of hydrogen-bond acceptors (Lipinski definition) is 5. The molecule has 8 heteroatoms. The zero-order valence-electron chi connectivity index (χ0n) is 22.3. The van der Waals surface area contributed by atoms with Crippen molar-refractivity contribution >= 4 is 44.8 Å². The molecule has 0 atom stereocenters. The largest absolute Gasteiger partial charge is 0.495 e. The molecule has 1 aliphatic heterocycles. The second-order valence-electron chi connectivity index (χ2n) is 9.51. The van der Waals surface area contributed by atoms with Crippen LogP contribution in [0.1, 0.15) is 26.3 Å². The van der Waals surface area contributed by atoms with Crippen LogP contribution in [-0.4, -0.2) is 45.1 Å². The molecule has 1 heterocycles. The van der Waals surface area contributed by atoms with Crippen molar-refractivity contribution in [1.29, 1.82) is 0 Å². The average Bonchev–Trinajstić information content (AvgIpc) is 3.00. The Labute approximate surface area is 242 Å². The molecule has 0 unspecified atom stereocenters. The lowest BCUT2D eigenvalue weighted by atomic mass is 10.1. The predicted molar refractivity (Wildman–Crippen MR) is 164 cm³/mol. The summed E-state index contributed by atoms with van der Waals surface area (Å²) in [5.41, 5.74) is 4.55. The van der Waals surface area contributed by atoms with Gasteiger partial charge in [-0.2, -0.15) is 0 Å².